The predicted octanol–water partition coefficient (Wildman–Crippen LogP) is 1.43. The van der Waals surface area contributed by atoms with Crippen molar-refractivity contribution in [2.75, 3.05) is 18.7 Å². The minimum Gasteiger partial charge on any atom is -0.339 e. The molecule has 0 saturated carbocycles. The second-order valence-corrected chi connectivity index (χ2v) is 6.05. The fourth-order valence-electron chi connectivity index (χ4n) is 1.96. The molecule has 124 valence electrons. The largest absolute Gasteiger partial charge is 0.339 e. The van der Waals surface area contributed by atoms with E-state index in [-0.39, 0.29) is 16.4 Å². The highest BCUT2D eigenvalue weighted by Crippen LogP contribution is 2.24. The third-order valence-corrected chi connectivity index (χ3v) is 4.00. The Kier molecular flexibility index (Phi) is 5.57. The van der Waals surface area contributed by atoms with E-state index in [1.165, 1.54) is 19.7 Å². The maximum Gasteiger partial charge on any atom is 0.274 e. The number of benzene rings is 1. The highest BCUT2D eigenvalue weighted by molar-refractivity contribution is 7.84. The van der Waals surface area contributed by atoms with Crippen LogP contribution < -0.4 is 10.8 Å². The van der Waals surface area contributed by atoms with Gasteiger partial charge in [-0.15, -0.1) is 0 Å². The zero-order valence-corrected chi connectivity index (χ0v) is 14.1. The smallest absolute Gasteiger partial charge is 0.274 e. The number of aryl methyl sites for hydroxylation is 1. The number of nitriles is 1. The molecule has 1 aromatic carbocycles. The van der Waals surface area contributed by atoms with Gasteiger partial charge in [-0.05, 0) is 24.6 Å². The fourth-order valence-corrected chi connectivity index (χ4v) is 2.59. The van der Waals surface area contributed by atoms with E-state index in [9.17, 15) is 14.3 Å². The summed E-state index contributed by atoms with van der Waals surface area (Å²) in [6.45, 7) is 1.84. The number of nitrogens with one attached hydrogen (secondary N) is 2. The standard InChI is InChI=1S/C15H15N5O3S/c1-9-4-5-10(14(21)20-23-2)6-12(9)19-13-11(7-16)15(24(3)22)18-8-17-13/h4-6,8H,1-3H3,(H,20,21)(H,17,18,19). The van der Waals surface area contributed by atoms with Crippen LogP contribution >= 0.6 is 0 Å². The molecule has 0 fully saturated rings. The molecule has 1 heterocycles. The van der Waals surface area contributed by atoms with E-state index in [4.69, 9.17) is 0 Å². The third-order valence-electron chi connectivity index (χ3n) is 3.14. The van der Waals surface area contributed by atoms with Crippen molar-refractivity contribution >= 4 is 28.2 Å². The van der Waals surface area contributed by atoms with Crippen LogP contribution in [0.15, 0.2) is 29.6 Å². The first-order valence-corrected chi connectivity index (χ1v) is 8.33. The summed E-state index contributed by atoms with van der Waals surface area (Å²) < 4.78 is 11.7. The first kappa shape index (κ1) is 17.5. The molecule has 0 bridgehead atoms. The Labute approximate surface area is 141 Å². The van der Waals surface area contributed by atoms with Gasteiger partial charge in [0.05, 0.1) is 17.9 Å². The molecule has 2 N–H and O–H groups in total. The second-order valence-electron chi connectivity index (χ2n) is 4.76. The number of amides is 1. The minimum absolute atomic E-state index is 0.101. The summed E-state index contributed by atoms with van der Waals surface area (Å²) >= 11 is 0. The SMILES string of the molecule is CONC(=O)c1ccc(C)c(Nc2ncnc(S(C)=O)c2C#N)c1. The van der Waals surface area contributed by atoms with Gasteiger partial charge in [-0.25, -0.2) is 15.4 Å². The van der Waals surface area contributed by atoms with Gasteiger partial charge in [-0.1, -0.05) is 6.07 Å². The number of anilines is 2. The summed E-state index contributed by atoms with van der Waals surface area (Å²) in [5.41, 5.74) is 4.13. The number of hydrogen-bond acceptors (Lipinski definition) is 7. The number of nitrogens with zero attached hydrogens (tertiary/aromatic N) is 3. The van der Waals surface area contributed by atoms with E-state index in [2.05, 4.69) is 25.6 Å². The zero-order chi connectivity index (χ0) is 17.7. The van der Waals surface area contributed by atoms with Crippen molar-refractivity contribution < 1.29 is 13.8 Å². The Morgan fingerprint density at radius 2 is 2.12 bits per heavy atom. The van der Waals surface area contributed by atoms with Gasteiger partial charge in [0, 0.05) is 17.5 Å². The molecule has 1 atom stereocenters. The van der Waals surface area contributed by atoms with Crippen molar-refractivity contribution in [3.63, 3.8) is 0 Å². The normalized spacial score (nSPS) is 11.4. The average molecular weight is 345 g/mol. The molecule has 0 spiro atoms. The van der Waals surface area contributed by atoms with Gasteiger partial charge < -0.3 is 5.32 Å². The summed E-state index contributed by atoms with van der Waals surface area (Å²) in [6.07, 6.45) is 2.67. The molecular formula is C15H15N5O3S. The number of hydrogen-bond donors (Lipinski definition) is 2. The molecule has 2 aromatic rings. The Balaban J connectivity index is 2.44. The number of hydroxylamine groups is 1. The lowest BCUT2D eigenvalue weighted by molar-refractivity contribution is 0.0537. The van der Waals surface area contributed by atoms with Crippen LogP contribution in [0.1, 0.15) is 21.5 Å². The Morgan fingerprint density at radius 3 is 2.75 bits per heavy atom. The van der Waals surface area contributed by atoms with Crippen LogP contribution in [0.2, 0.25) is 0 Å². The van der Waals surface area contributed by atoms with E-state index >= 15 is 0 Å². The molecule has 1 aromatic heterocycles. The van der Waals surface area contributed by atoms with E-state index in [0.717, 1.165) is 5.56 Å². The van der Waals surface area contributed by atoms with Crippen molar-refractivity contribution in [2.45, 2.75) is 11.9 Å². The van der Waals surface area contributed by atoms with Gasteiger partial charge in [0.1, 0.15) is 23.0 Å². The zero-order valence-electron chi connectivity index (χ0n) is 13.3. The van der Waals surface area contributed by atoms with E-state index in [0.29, 0.717) is 11.3 Å². The number of carbonyl (C=O) groups is 1. The van der Waals surface area contributed by atoms with Crippen LogP contribution in [0.4, 0.5) is 11.5 Å². The molecule has 0 aliphatic rings. The molecule has 24 heavy (non-hydrogen) atoms. The molecular weight excluding hydrogens is 330 g/mol. The molecule has 9 heteroatoms. The molecule has 0 aliphatic carbocycles. The van der Waals surface area contributed by atoms with Crippen molar-refractivity contribution in [3.05, 3.63) is 41.2 Å². The molecule has 1 unspecified atom stereocenters. The average Bonchev–Trinajstić information content (AvgIpc) is 2.56. The fraction of sp³-hybridized carbons (Fsp3) is 0.200. The second kappa shape index (κ2) is 7.63. The van der Waals surface area contributed by atoms with Crippen LogP contribution in [0.25, 0.3) is 0 Å². The Hall–Kier alpha value is -2.83. The maximum absolute atomic E-state index is 11.8. The van der Waals surface area contributed by atoms with Gasteiger partial charge >= 0.3 is 0 Å². The quantitative estimate of drug-likeness (QED) is 0.622. The summed E-state index contributed by atoms with van der Waals surface area (Å²) in [5.74, 6) is -0.177. The van der Waals surface area contributed by atoms with E-state index < -0.39 is 16.7 Å². The maximum atomic E-state index is 11.8. The number of rotatable bonds is 5. The lowest BCUT2D eigenvalue weighted by Crippen LogP contribution is -2.21. The lowest BCUT2D eigenvalue weighted by Gasteiger charge is -2.12. The van der Waals surface area contributed by atoms with Crippen LogP contribution in [0.5, 0.6) is 0 Å². The molecule has 0 radical (unpaired) electrons. The number of carbonyl (C=O) groups excluding carboxylic acids is 1. The van der Waals surface area contributed by atoms with Crippen molar-refractivity contribution in [1.82, 2.24) is 15.4 Å². The monoisotopic (exact) mass is 345 g/mol. The van der Waals surface area contributed by atoms with E-state index in [1.54, 1.807) is 18.2 Å². The van der Waals surface area contributed by atoms with E-state index in [1.807, 2.05) is 13.0 Å². The summed E-state index contributed by atoms with van der Waals surface area (Å²) in [4.78, 5) is 24.4. The van der Waals surface area contributed by atoms with Crippen molar-refractivity contribution in [2.24, 2.45) is 0 Å². The van der Waals surface area contributed by atoms with Crippen molar-refractivity contribution in [1.29, 1.82) is 5.26 Å². The predicted molar refractivity (Wildman–Crippen MR) is 88.0 cm³/mol. The molecule has 8 nitrogen and oxygen atoms in total. The van der Waals surface area contributed by atoms with Gasteiger partial charge in [-0.2, -0.15) is 5.26 Å². The van der Waals surface area contributed by atoms with Crippen LogP contribution in [-0.4, -0.2) is 33.4 Å². The highest BCUT2D eigenvalue weighted by Gasteiger charge is 2.15. The Morgan fingerprint density at radius 1 is 1.38 bits per heavy atom. The Bertz CT molecular complexity index is 847. The third kappa shape index (κ3) is 3.73. The van der Waals surface area contributed by atoms with Crippen LogP contribution in [-0.2, 0) is 15.6 Å². The number of aromatic nitrogens is 2. The molecule has 0 saturated heterocycles. The molecule has 0 aliphatic heterocycles. The highest BCUT2D eigenvalue weighted by atomic mass is 32.2. The summed E-state index contributed by atoms with van der Waals surface area (Å²) in [5, 5.41) is 12.5. The molecule has 2 rings (SSSR count). The van der Waals surface area contributed by atoms with Gasteiger partial charge in [-0.3, -0.25) is 13.8 Å². The van der Waals surface area contributed by atoms with Crippen LogP contribution in [0.3, 0.4) is 0 Å². The summed E-state index contributed by atoms with van der Waals surface area (Å²) in [7, 11) is -0.0777. The van der Waals surface area contributed by atoms with Gasteiger partial charge in [0.25, 0.3) is 5.91 Å². The van der Waals surface area contributed by atoms with Crippen LogP contribution in [0, 0.1) is 18.3 Å². The van der Waals surface area contributed by atoms with Gasteiger partial charge in [0.2, 0.25) is 0 Å². The summed E-state index contributed by atoms with van der Waals surface area (Å²) in [6, 6.07) is 6.96. The molecule has 1 amide bonds. The topological polar surface area (TPSA) is 117 Å². The first-order valence-electron chi connectivity index (χ1n) is 6.77. The first-order chi connectivity index (χ1) is 11.5. The minimum atomic E-state index is -1.42. The lowest BCUT2D eigenvalue weighted by atomic mass is 10.1. The van der Waals surface area contributed by atoms with Gasteiger partial charge in [0.15, 0.2) is 5.82 Å². The van der Waals surface area contributed by atoms with Crippen molar-refractivity contribution in [3.8, 4) is 6.07 Å².